The Balaban J connectivity index is 2.73. The highest BCUT2D eigenvalue weighted by Crippen LogP contribution is 2.14. The van der Waals surface area contributed by atoms with Crippen molar-refractivity contribution < 1.29 is 4.79 Å². The molecule has 1 rings (SSSR count). The number of amides is 1. The summed E-state index contributed by atoms with van der Waals surface area (Å²) < 4.78 is 0. The molecular weight excluding hydrogens is 210 g/mol. The van der Waals surface area contributed by atoms with Crippen molar-refractivity contribution in [1.82, 2.24) is 5.32 Å². The highest BCUT2D eigenvalue weighted by atomic mass is 35.5. The molecule has 0 heterocycles. The summed E-state index contributed by atoms with van der Waals surface area (Å²) in [5, 5.41) is 2.76. The monoisotopic (exact) mass is 223 g/mol. The van der Waals surface area contributed by atoms with Gasteiger partial charge < -0.3 is 5.32 Å². The summed E-state index contributed by atoms with van der Waals surface area (Å²) in [5.74, 6) is -0.328. The van der Waals surface area contributed by atoms with Gasteiger partial charge in [0.15, 0.2) is 0 Å². The van der Waals surface area contributed by atoms with Crippen molar-refractivity contribution in [1.29, 1.82) is 0 Å². The van der Waals surface area contributed by atoms with Crippen molar-refractivity contribution in [3.8, 4) is 0 Å². The molecule has 0 fully saturated rings. The maximum Gasteiger partial charge on any atom is 0.262 e. The molecule has 0 radical (unpaired) electrons. The average molecular weight is 224 g/mol. The minimum absolute atomic E-state index is 0.00880. The van der Waals surface area contributed by atoms with Gasteiger partial charge in [-0.15, -0.1) is 0 Å². The van der Waals surface area contributed by atoms with Crippen LogP contribution in [0.5, 0.6) is 0 Å². The summed E-state index contributed by atoms with van der Waals surface area (Å²) in [6.45, 7) is 7.29. The van der Waals surface area contributed by atoms with Gasteiger partial charge in [0, 0.05) is 0 Å². The molecule has 0 aromatic heterocycles. The summed E-state index contributed by atoms with van der Waals surface area (Å²) in [7, 11) is 0. The van der Waals surface area contributed by atoms with Crippen LogP contribution in [0.2, 0.25) is 0 Å². The molecule has 3 heteroatoms. The first kappa shape index (κ1) is 11.8. The van der Waals surface area contributed by atoms with Crippen LogP contribution in [0.3, 0.4) is 0 Å². The lowest BCUT2D eigenvalue weighted by Gasteiger charge is -2.14. The number of rotatable bonds is 3. The van der Waals surface area contributed by atoms with Crippen LogP contribution in [0, 0.1) is 6.92 Å². The summed E-state index contributed by atoms with van der Waals surface area (Å²) in [6.07, 6.45) is 0. The first-order valence-corrected chi connectivity index (χ1v) is 5.10. The van der Waals surface area contributed by atoms with Gasteiger partial charge in [-0.3, -0.25) is 4.79 Å². The van der Waals surface area contributed by atoms with Crippen molar-refractivity contribution in [2.45, 2.75) is 19.9 Å². The number of benzene rings is 1. The van der Waals surface area contributed by atoms with E-state index in [-0.39, 0.29) is 17.0 Å². The second kappa shape index (κ2) is 4.99. The summed E-state index contributed by atoms with van der Waals surface area (Å²) in [6, 6.07) is 7.91. The van der Waals surface area contributed by atoms with Crippen molar-refractivity contribution >= 4 is 17.5 Å². The number of hydrogen-bond donors (Lipinski definition) is 1. The summed E-state index contributed by atoms with van der Waals surface area (Å²) in [4.78, 5) is 11.3. The van der Waals surface area contributed by atoms with E-state index >= 15 is 0 Å². The highest BCUT2D eigenvalue weighted by Gasteiger charge is 2.10. The van der Waals surface area contributed by atoms with Gasteiger partial charge in [-0.2, -0.15) is 0 Å². The van der Waals surface area contributed by atoms with Crippen LogP contribution in [0.15, 0.2) is 35.9 Å². The molecule has 0 aliphatic carbocycles. The Morgan fingerprint density at radius 2 is 2.20 bits per heavy atom. The molecular formula is C12H14ClNO. The zero-order valence-electron chi connectivity index (χ0n) is 8.88. The third-order valence-electron chi connectivity index (χ3n) is 2.14. The first-order valence-electron chi connectivity index (χ1n) is 4.72. The molecule has 1 amide bonds. The van der Waals surface area contributed by atoms with Crippen molar-refractivity contribution in [3.63, 3.8) is 0 Å². The number of halogens is 1. The topological polar surface area (TPSA) is 29.1 Å². The van der Waals surface area contributed by atoms with E-state index in [1.54, 1.807) is 0 Å². The lowest BCUT2D eigenvalue weighted by atomic mass is 10.1. The Morgan fingerprint density at radius 1 is 1.53 bits per heavy atom. The maximum atomic E-state index is 11.3. The van der Waals surface area contributed by atoms with Gasteiger partial charge in [0.2, 0.25) is 0 Å². The predicted molar refractivity (Wildman–Crippen MR) is 62.7 cm³/mol. The van der Waals surface area contributed by atoms with E-state index < -0.39 is 0 Å². The third-order valence-corrected chi connectivity index (χ3v) is 2.31. The fourth-order valence-corrected chi connectivity index (χ4v) is 1.35. The van der Waals surface area contributed by atoms with Crippen LogP contribution in [0.25, 0.3) is 0 Å². The molecule has 1 atom stereocenters. The Labute approximate surface area is 94.9 Å². The molecule has 0 aliphatic rings. The zero-order chi connectivity index (χ0) is 11.4. The molecule has 1 N–H and O–H groups in total. The minimum atomic E-state index is -0.328. The molecule has 1 aromatic rings. The number of nitrogens with one attached hydrogen (secondary N) is 1. The van der Waals surface area contributed by atoms with Gasteiger partial charge in [-0.25, -0.2) is 0 Å². The van der Waals surface area contributed by atoms with Crippen molar-refractivity contribution in [2.75, 3.05) is 0 Å². The minimum Gasteiger partial charge on any atom is -0.345 e. The number of hydrogen-bond acceptors (Lipinski definition) is 1. The standard InChI is InChI=1S/C12H14ClNO/c1-8-5-4-6-11(7-8)10(3)14-12(15)9(2)13/h4-7,10H,2H2,1,3H3,(H,14,15)/t10-/m1/s1. The van der Waals surface area contributed by atoms with Gasteiger partial charge in [0.05, 0.1) is 11.1 Å². The molecule has 0 saturated carbocycles. The van der Waals surface area contributed by atoms with E-state index in [2.05, 4.69) is 11.9 Å². The van der Waals surface area contributed by atoms with E-state index in [1.165, 1.54) is 5.56 Å². The molecule has 0 unspecified atom stereocenters. The van der Waals surface area contributed by atoms with E-state index in [1.807, 2.05) is 38.1 Å². The lowest BCUT2D eigenvalue weighted by Crippen LogP contribution is -2.26. The van der Waals surface area contributed by atoms with Gasteiger partial charge in [-0.1, -0.05) is 48.0 Å². The second-order valence-corrected chi connectivity index (χ2v) is 3.97. The Bertz CT molecular complexity index is 387. The van der Waals surface area contributed by atoms with Gasteiger partial charge >= 0.3 is 0 Å². The number of carbonyl (C=O) groups is 1. The Morgan fingerprint density at radius 3 is 2.73 bits per heavy atom. The van der Waals surface area contributed by atoms with Crippen LogP contribution in [-0.2, 0) is 4.79 Å². The van der Waals surface area contributed by atoms with Crippen LogP contribution < -0.4 is 5.32 Å². The van der Waals surface area contributed by atoms with Crippen molar-refractivity contribution in [3.05, 3.63) is 47.0 Å². The van der Waals surface area contributed by atoms with Crippen LogP contribution in [-0.4, -0.2) is 5.91 Å². The fraction of sp³-hybridized carbons (Fsp3) is 0.250. The van der Waals surface area contributed by atoms with E-state index in [9.17, 15) is 4.79 Å². The first-order chi connectivity index (χ1) is 7.00. The third kappa shape index (κ3) is 3.40. The molecule has 0 bridgehead atoms. The molecule has 0 spiro atoms. The molecule has 0 aliphatic heterocycles. The SMILES string of the molecule is C=C(Cl)C(=O)N[C@H](C)c1cccc(C)c1. The van der Waals surface area contributed by atoms with Crippen LogP contribution in [0.4, 0.5) is 0 Å². The van der Waals surface area contributed by atoms with Gasteiger partial charge in [-0.05, 0) is 19.4 Å². The largest absolute Gasteiger partial charge is 0.345 e. The highest BCUT2D eigenvalue weighted by molar-refractivity contribution is 6.41. The second-order valence-electron chi connectivity index (χ2n) is 3.51. The average Bonchev–Trinajstić information content (AvgIpc) is 2.17. The van der Waals surface area contributed by atoms with E-state index in [0.717, 1.165) is 5.56 Å². The smallest absolute Gasteiger partial charge is 0.262 e. The molecule has 80 valence electrons. The van der Waals surface area contributed by atoms with Crippen LogP contribution >= 0.6 is 11.6 Å². The van der Waals surface area contributed by atoms with Gasteiger partial charge in [0.1, 0.15) is 0 Å². The Hall–Kier alpha value is -1.28. The maximum absolute atomic E-state index is 11.3. The zero-order valence-corrected chi connectivity index (χ0v) is 9.64. The quantitative estimate of drug-likeness (QED) is 0.785. The molecule has 1 aromatic carbocycles. The fourth-order valence-electron chi connectivity index (χ4n) is 1.30. The molecule has 0 saturated heterocycles. The van der Waals surface area contributed by atoms with Gasteiger partial charge in [0.25, 0.3) is 5.91 Å². The Kier molecular flexibility index (Phi) is 3.92. The lowest BCUT2D eigenvalue weighted by molar-refractivity contribution is -0.117. The molecule has 15 heavy (non-hydrogen) atoms. The summed E-state index contributed by atoms with van der Waals surface area (Å²) >= 11 is 5.48. The number of aryl methyl sites for hydroxylation is 1. The predicted octanol–water partition coefficient (Wildman–Crippen LogP) is 2.92. The van der Waals surface area contributed by atoms with Crippen LogP contribution in [0.1, 0.15) is 24.1 Å². The normalized spacial score (nSPS) is 11.9. The summed E-state index contributed by atoms with van der Waals surface area (Å²) in [5.41, 5.74) is 2.22. The molecule has 2 nitrogen and oxygen atoms in total. The number of carbonyl (C=O) groups excluding carboxylic acids is 1. The van der Waals surface area contributed by atoms with Crippen molar-refractivity contribution in [2.24, 2.45) is 0 Å². The van der Waals surface area contributed by atoms with E-state index in [4.69, 9.17) is 11.6 Å². The van der Waals surface area contributed by atoms with E-state index in [0.29, 0.717) is 0 Å².